The molecule has 14 heteroatoms. The Morgan fingerprint density at radius 3 is 1.26 bits per heavy atom. The van der Waals surface area contributed by atoms with E-state index in [4.69, 9.17) is 16.2 Å². The minimum atomic E-state index is -0.828. The molecule has 92 heavy (non-hydrogen) atoms. The lowest BCUT2D eigenvalue weighted by Crippen LogP contribution is -2.49. The fourth-order valence-corrected chi connectivity index (χ4v) is 15.0. The van der Waals surface area contributed by atoms with E-state index in [9.17, 15) is 24.0 Å². The van der Waals surface area contributed by atoms with Gasteiger partial charge in [-0.3, -0.25) is 29.4 Å². The number of amides is 5. The molecule has 5 N–H and O–H groups in total. The number of nitrogens with two attached hydrogens (primary N) is 2. The smallest absolute Gasteiger partial charge is 0.411 e. The summed E-state index contributed by atoms with van der Waals surface area (Å²) in [5.74, 6) is -0.608. The first-order valence-electron chi connectivity index (χ1n) is 33.7. The van der Waals surface area contributed by atoms with E-state index in [0.29, 0.717) is 17.7 Å². The van der Waals surface area contributed by atoms with Crippen LogP contribution in [-0.2, 0) is 25.2 Å². The number of primary amides is 2. The van der Waals surface area contributed by atoms with Crippen LogP contribution >= 0.6 is 0 Å². The van der Waals surface area contributed by atoms with Crippen molar-refractivity contribution in [3.63, 3.8) is 0 Å². The van der Waals surface area contributed by atoms with Crippen molar-refractivity contribution in [1.82, 2.24) is 19.6 Å². The lowest BCUT2D eigenvalue weighted by atomic mass is 9.64. The molecule has 3 fully saturated rings. The molecule has 5 amide bonds. The summed E-state index contributed by atoms with van der Waals surface area (Å²) < 4.78 is 6.55. The van der Waals surface area contributed by atoms with E-state index < -0.39 is 16.9 Å². The zero-order valence-electron chi connectivity index (χ0n) is 54.1. The van der Waals surface area contributed by atoms with E-state index in [1.54, 1.807) is 24.3 Å². The highest BCUT2D eigenvalue weighted by molar-refractivity contribution is 6.21. The summed E-state index contributed by atoms with van der Waals surface area (Å²) in [6, 6.07) is 65.4. The molecular formula is C78H95N8O6+. The molecule has 0 aliphatic carbocycles. The van der Waals surface area contributed by atoms with Crippen molar-refractivity contribution in [1.29, 1.82) is 0 Å². The molecular weight excluding hydrogens is 1140 g/mol. The molecule has 482 valence electrons. The molecule has 0 aromatic heterocycles. The number of hydrogen-bond donors (Lipinski definition) is 3. The number of likely N-dealkylation sites (N-methyl/N-ethyl adjacent to an activating group) is 1. The number of carbonyl (C=O) groups excluding carboxylic acids is 5. The summed E-state index contributed by atoms with van der Waals surface area (Å²) in [5.41, 5.74) is 18.7. The van der Waals surface area contributed by atoms with Gasteiger partial charge in [-0.15, -0.1) is 0 Å². The average Bonchev–Trinajstić information content (AvgIpc) is 1.22. The molecule has 0 saturated carbocycles. The van der Waals surface area contributed by atoms with Crippen LogP contribution in [0.4, 0.5) is 10.5 Å². The Hall–Kier alpha value is -8.27. The number of nitrogens with one attached hydrogen (secondary N) is 1. The Bertz CT molecular complexity index is 3270. The quantitative estimate of drug-likeness (QED) is 0.0245. The highest BCUT2D eigenvalue weighted by Gasteiger charge is 2.51. The van der Waals surface area contributed by atoms with Crippen molar-refractivity contribution in [2.24, 2.45) is 23.3 Å². The van der Waals surface area contributed by atoms with Crippen molar-refractivity contribution in [3.8, 4) is 11.1 Å². The maximum Gasteiger partial charge on any atom is 0.411 e. The number of hydrogen-bond acceptors (Lipinski definition) is 9. The Balaban J connectivity index is 0.000000203. The van der Waals surface area contributed by atoms with E-state index in [0.717, 1.165) is 173 Å². The summed E-state index contributed by atoms with van der Waals surface area (Å²) in [6.45, 7) is 10.9. The third-order valence-electron chi connectivity index (χ3n) is 20.0. The van der Waals surface area contributed by atoms with Crippen molar-refractivity contribution >= 4 is 35.4 Å². The highest BCUT2D eigenvalue weighted by atomic mass is 16.6. The molecule has 2 unspecified atom stereocenters. The minimum Gasteiger partial charge on any atom is -0.446 e. The normalized spacial score (nSPS) is 17.5. The van der Waals surface area contributed by atoms with Gasteiger partial charge in [0.05, 0.1) is 50.5 Å². The molecule has 0 spiro atoms. The third-order valence-corrected chi connectivity index (χ3v) is 20.0. The van der Waals surface area contributed by atoms with Crippen LogP contribution < -0.4 is 16.8 Å². The van der Waals surface area contributed by atoms with Crippen LogP contribution in [0.3, 0.4) is 0 Å². The number of rotatable bonds is 28. The number of anilines is 1. The second-order valence-corrected chi connectivity index (χ2v) is 26.4. The SMILES string of the molecule is C[N+](C)(CCCCCN1CCC(OC(=O)Nc2ccccc2-c2ccccc2)CC1)CCN1C(=O)c2ccccc2C1=O.NC(=O)C(c1ccccc1)(c1ccccc1)C1CCN(CCCCCCCN2CCC(C(C(N)=O)(c3ccccc3)c3ccccc3)C2)C1. The van der Waals surface area contributed by atoms with Crippen molar-refractivity contribution < 1.29 is 33.2 Å². The molecule has 4 aliphatic heterocycles. The van der Waals surface area contributed by atoms with Gasteiger partial charge >= 0.3 is 6.09 Å². The summed E-state index contributed by atoms with van der Waals surface area (Å²) in [5, 5.41) is 2.95. The van der Waals surface area contributed by atoms with E-state index in [2.05, 4.69) is 82.6 Å². The monoisotopic (exact) mass is 1240 g/mol. The van der Waals surface area contributed by atoms with Gasteiger partial charge in [-0.2, -0.15) is 0 Å². The van der Waals surface area contributed by atoms with Crippen molar-refractivity contribution in [2.75, 3.05) is 97.9 Å². The minimum absolute atomic E-state index is 0.0691. The highest BCUT2D eigenvalue weighted by Crippen LogP contribution is 2.45. The second-order valence-electron chi connectivity index (χ2n) is 26.4. The van der Waals surface area contributed by atoms with Crippen LogP contribution in [-0.4, -0.2) is 153 Å². The lowest BCUT2D eigenvalue weighted by Gasteiger charge is -2.37. The van der Waals surface area contributed by atoms with Crippen molar-refractivity contribution in [2.45, 2.75) is 94.0 Å². The summed E-state index contributed by atoms with van der Waals surface area (Å²) in [4.78, 5) is 73.7. The van der Waals surface area contributed by atoms with Crippen LogP contribution in [0, 0.1) is 11.8 Å². The Kier molecular flexibility index (Phi) is 23.1. The van der Waals surface area contributed by atoms with Crippen LogP contribution in [0.25, 0.3) is 11.1 Å². The Labute approximate surface area is 545 Å². The van der Waals surface area contributed by atoms with Gasteiger partial charge in [-0.05, 0) is 148 Å². The first-order valence-corrected chi connectivity index (χ1v) is 33.7. The molecule has 0 bridgehead atoms. The summed E-state index contributed by atoms with van der Waals surface area (Å²) >= 11 is 0. The Morgan fingerprint density at radius 2 is 0.815 bits per heavy atom. The van der Waals surface area contributed by atoms with E-state index in [1.165, 1.54) is 24.2 Å². The molecule has 7 aromatic rings. The van der Waals surface area contributed by atoms with Gasteiger partial charge in [-0.25, -0.2) is 4.79 Å². The van der Waals surface area contributed by atoms with Crippen LogP contribution in [0.1, 0.15) is 120 Å². The molecule has 3 saturated heterocycles. The van der Waals surface area contributed by atoms with Gasteiger partial charge in [0.1, 0.15) is 16.9 Å². The fraction of sp³-hybridized carbons (Fsp3) is 0.397. The second kappa shape index (κ2) is 31.8. The molecule has 11 rings (SSSR count). The predicted octanol–water partition coefficient (Wildman–Crippen LogP) is 12.4. The fourth-order valence-electron chi connectivity index (χ4n) is 15.0. The zero-order valence-corrected chi connectivity index (χ0v) is 54.1. The number of unbranched alkanes of at least 4 members (excludes halogenated alkanes) is 6. The molecule has 4 aliphatic rings. The molecule has 2 atom stereocenters. The van der Waals surface area contributed by atoms with Gasteiger partial charge < -0.3 is 35.4 Å². The molecule has 0 radical (unpaired) electrons. The molecule has 4 heterocycles. The van der Waals surface area contributed by atoms with E-state index in [1.807, 2.05) is 127 Å². The lowest BCUT2D eigenvalue weighted by molar-refractivity contribution is -0.889. The third kappa shape index (κ3) is 16.0. The number of carbonyl (C=O) groups is 5. The number of fused-ring (bicyclic) bond motifs is 1. The van der Waals surface area contributed by atoms with Gasteiger partial charge in [0.25, 0.3) is 11.8 Å². The summed E-state index contributed by atoms with van der Waals surface area (Å²) in [7, 11) is 4.33. The number of piperidine rings is 1. The predicted molar refractivity (Wildman–Crippen MR) is 367 cm³/mol. The first-order chi connectivity index (χ1) is 44.8. The van der Waals surface area contributed by atoms with Crippen LogP contribution in [0.5, 0.6) is 0 Å². The number of benzene rings is 7. The number of likely N-dealkylation sites (tertiary alicyclic amines) is 3. The van der Waals surface area contributed by atoms with Crippen molar-refractivity contribution in [3.05, 3.63) is 234 Å². The van der Waals surface area contributed by atoms with Crippen LogP contribution in [0.2, 0.25) is 0 Å². The van der Waals surface area contributed by atoms with Gasteiger partial charge in [0.15, 0.2) is 0 Å². The standard InChI is InChI=1S/C43H52N4O2.C35H42N4O4/c44-40(48)42(34-18-8-4-9-19-34,35-20-10-5-11-21-35)38-26-30-46(32-38)28-16-2-1-3-17-29-47-31-27-39(33-47)43(41(45)49,36-22-12-6-13-23-36)37-24-14-7-15-25-37;1-39(2,26-24-38-33(40)30-16-7-8-17-31(30)34(38)41)25-12-4-11-21-37-22-19-28(20-23-37)43-35(42)36-32-18-10-9-15-29(32)27-13-5-3-6-14-27/h4-15,18-25,38-39H,1-3,16-17,26-33H2,(H2,44,48)(H2,45,49);3,5-10,13-18,28H,4,11-12,19-26H2,1-2H3/p+1. The number of imide groups is 1. The first kappa shape index (κ1) is 66.6. The maximum absolute atomic E-state index is 13.4. The zero-order chi connectivity index (χ0) is 64.3. The van der Waals surface area contributed by atoms with E-state index in [-0.39, 0.29) is 41.6 Å². The van der Waals surface area contributed by atoms with Crippen LogP contribution in [0.15, 0.2) is 200 Å². The largest absolute Gasteiger partial charge is 0.446 e. The topological polar surface area (TPSA) is 172 Å². The molecule has 14 nitrogen and oxygen atoms in total. The molecule has 7 aromatic carbocycles. The van der Waals surface area contributed by atoms with Gasteiger partial charge in [-0.1, -0.05) is 201 Å². The van der Waals surface area contributed by atoms with E-state index >= 15 is 0 Å². The maximum atomic E-state index is 13.4. The number of quaternary nitrogens is 1. The Morgan fingerprint density at radius 1 is 0.446 bits per heavy atom. The number of nitrogens with zero attached hydrogens (tertiary/aromatic N) is 5. The number of ether oxygens (including phenoxy) is 1. The summed E-state index contributed by atoms with van der Waals surface area (Å²) in [6.07, 6.45) is 12.4. The van der Waals surface area contributed by atoms with Gasteiger partial charge in [0, 0.05) is 31.7 Å². The number of para-hydroxylation sites is 1. The van der Waals surface area contributed by atoms with Gasteiger partial charge in [0.2, 0.25) is 11.8 Å². The average molecular weight is 1240 g/mol.